The Bertz CT molecular complexity index is 1230. The summed E-state index contributed by atoms with van der Waals surface area (Å²) in [6, 6.07) is 12.7. The summed E-state index contributed by atoms with van der Waals surface area (Å²) in [7, 11) is -3.66. The highest BCUT2D eigenvalue weighted by Gasteiger charge is 2.33. The zero-order chi connectivity index (χ0) is 27.9. The molecule has 39 heavy (non-hydrogen) atoms. The molecule has 0 spiro atoms. The lowest BCUT2D eigenvalue weighted by Gasteiger charge is -2.32. The second kappa shape index (κ2) is 13.1. The lowest BCUT2D eigenvalue weighted by atomic mass is 10.0. The third kappa shape index (κ3) is 8.66. The van der Waals surface area contributed by atoms with Crippen LogP contribution in [0.25, 0.3) is 0 Å². The molecule has 0 aliphatic carbocycles. The van der Waals surface area contributed by atoms with Crippen LogP contribution in [0.15, 0.2) is 47.4 Å². The fourth-order valence-corrected chi connectivity index (χ4v) is 5.38. The van der Waals surface area contributed by atoms with Gasteiger partial charge in [-0.15, -0.1) is 0 Å². The number of hydrogen-bond acceptors (Lipinski definition) is 7. The van der Waals surface area contributed by atoms with Gasteiger partial charge < -0.3 is 23.8 Å². The molecule has 1 amide bonds. The molecular weight excluding hydrogens is 520 g/mol. The normalized spacial score (nSPS) is 18.5. The van der Waals surface area contributed by atoms with E-state index in [9.17, 15) is 13.2 Å². The summed E-state index contributed by atoms with van der Waals surface area (Å²) in [6.45, 7) is 6.91. The molecule has 0 radical (unpaired) electrons. The van der Waals surface area contributed by atoms with Crippen LogP contribution >= 0.6 is 0 Å². The number of ether oxygens (including phenoxy) is 4. The van der Waals surface area contributed by atoms with Crippen LogP contribution < -0.4 is 9.88 Å². The molecule has 1 saturated heterocycles. The van der Waals surface area contributed by atoms with E-state index in [0.29, 0.717) is 26.3 Å². The van der Waals surface area contributed by atoms with Crippen molar-refractivity contribution < 1.29 is 32.2 Å². The monoisotopic (exact) mass is 560 g/mol. The fraction of sp³-hybridized carbons (Fsp3) is 0.552. The maximum Gasteiger partial charge on any atom is 0.410 e. The number of hydrogen-bond donors (Lipinski definition) is 1. The van der Waals surface area contributed by atoms with Gasteiger partial charge >= 0.3 is 6.09 Å². The predicted octanol–water partition coefficient (Wildman–Crippen LogP) is 5.07. The molecule has 2 heterocycles. The summed E-state index contributed by atoms with van der Waals surface area (Å²) in [5.41, 5.74) is 2.90. The Morgan fingerprint density at radius 2 is 1.79 bits per heavy atom. The quantitative estimate of drug-likeness (QED) is 0.321. The summed E-state index contributed by atoms with van der Waals surface area (Å²) < 4.78 is 45.9. The first-order chi connectivity index (χ1) is 18.6. The van der Waals surface area contributed by atoms with Gasteiger partial charge in [-0.05, 0) is 67.5 Å². The molecule has 2 aliphatic heterocycles. The number of amides is 1. The molecule has 0 aromatic heterocycles. The van der Waals surface area contributed by atoms with Crippen molar-refractivity contribution in [3.8, 4) is 5.75 Å². The van der Waals surface area contributed by atoms with E-state index in [-0.39, 0.29) is 17.1 Å². The number of carbonyl (C=O) groups excluding carboxylic acids is 1. The zero-order valence-electron chi connectivity index (χ0n) is 22.9. The number of sulfonamides is 1. The number of unbranched alkanes of at least 4 members (excludes halogenated alkanes) is 4. The van der Waals surface area contributed by atoms with Crippen LogP contribution in [0.1, 0.15) is 75.2 Å². The summed E-state index contributed by atoms with van der Waals surface area (Å²) in [5.74, 6) is 0.180. The maximum atomic E-state index is 12.4. The van der Waals surface area contributed by atoms with E-state index in [0.717, 1.165) is 74.0 Å². The van der Waals surface area contributed by atoms with Crippen LogP contribution in [0.5, 0.6) is 5.75 Å². The van der Waals surface area contributed by atoms with Gasteiger partial charge in [0.2, 0.25) is 15.8 Å². The maximum absolute atomic E-state index is 12.4. The lowest BCUT2D eigenvalue weighted by Crippen LogP contribution is -2.35. The number of carbonyl (C=O) groups is 1. The van der Waals surface area contributed by atoms with Gasteiger partial charge in [-0.1, -0.05) is 31.0 Å². The molecule has 1 unspecified atom stereocenters. The van der Waals surface area contributed by atoms with E-state index in [1.54, 1.807) is 17.0 Å². The number of nitrogens with zero attached hydrogens (tertiary/aromatic N) is 1. The molecule has 2 N–H and O–H groups in total. The van der Waals surface area contributed by atoms with Crippen molar-refractivity contribution in [3.05, 3.63) is 59.2 Å². The Balaban J connectivity index is 1.04. The number of fused-ring (bicyclic) bond motifs is 1. The molecule has 1 atom stereocenters. The van der Waals surface area contributed by atoms with Crippen molar-refractivity contribution in [1.29, 1.82) is 0 Å². The first kappa shape index (κ1) is 29.3. The molecule has 0 saturated carbocycles. The Labute approximate surface area is 231 Å². The van der Waals surface area contributed by atoms with E-state index in [2.05, 4.69) is 0 Å². The van der Waals surface area contributed by atoms with E-state index in [1.807, 2.05) is 38.1 Å². The van der Waals surface area contributed by atoms with Gasteiger partial charge in [0.1, 0.15) is 11.9 Å². The van der Waals surface area contributed by atoms with Crippen LogP contribution in [-0.4, -0.2) is 51.5 Å². The smallest absolute Gasteiger partial charge is 0.410 e. The van der Waals surface area contributed by atoms with Crippen molar-refractivity contribution in [3.63, 3.8) is 0 Å². The van der Waals surface area contributed by atoms with Crippen LogP contribution in [0.2, 0.25) is 0 Å². The van der Waals surface area contributed by atoms with Crippen molar-refractivity contribution in [2.75, 3.05) is 26.3 Å². The molecule has 2 aromatic carbocycles. The van der Waals surface area contributed by atoms with E-state index < -0.39 is 15.8 Å². The predicted molar refractivity (Wildman–Crippen MR) is 147 cm³/mol. The highest BCUT2D eigenvalue weighted by molar-refractivity contribution is 7.89. The molecule has 10 heteroatoms. The average molecular weight is 561 g/mol. The van der Waals surface area contributed by atoms with Gasteiger partial charge in [0.05, 0.1) is 18.0 Å². The highest BCUT2D eigenvalue weighted by Crippen LogP contribution is 2.35. The van der Waals surface area contributed by atoms with Gasteiger partial charge in [-0.3, -0.25) is 0 Å². The SMILES string of the molecule is CC1(C)OCc2cc(C3CN(CCCCCCOCCCCc4cccc(S(N)(=O)=O)c4)C(=O)O3)ccc2O1. The highest BCUT2D eigenvalue weighted by atomic mass is 32.2. The van der Waals surface area contributed by atoms with Crippen molar-refractivity contribution in [2.45, 2.75) is 82.2 Å². The summed E-state index contributed by atoms with van der Waals surface area (Å²) in [5, 5.41) is 5.19. The Kier molecular flexibility index (Phi) is 9.87. The van der Waals surface area contributed by atoms with Gasteiger partial charge in [0.25, 0.3) is 0 Å². The van der Waals surface area contributed by atoms with Gasteiger partial charge in [-0.2, -0.15) is 0 Å². The van der Waals surface area contributed by atoms with Crippen LogP contribution in [0.4, 0.5) is 4.79 Å². The number of nitrogens with two attached hydrogens (primary N) is 1. The molecule has 214 valence electrons. The minimum absolute atomic E-state index is 0.155. The third-order valence-corrected chi connectivity index (χ3v) is 7.88. The lowest BCUT2D eigenvalue weighted by molar-refractivity contribution is -0.180. The first-order valence-corrected chi connectivity index (χ1v) is 15.3. The third-order valence-electron chi connectivity index (χ3n) is 6.97. The van der Waals surface area contributed by atoms with Crippen molar-refractivity contribution >= 4 is 16.1 Å². The summed E-state index contributed by atoms with van der Waals surface area (Å²) >= 11 is 0. The Hall–Kier alpha value is -2.66. The molecule has 1 fully saturated rings. The molecule has 9 nitrogen and oxygen atoms in total. The molecule has 4 rings (SSSR count). The Morgan fingerprint density at radius 3 is 2.59 bits per heavy atom. The fourth-order valence-electron chi connectivity index (χ4n) is 4.80. The van der Waals surface area contributed by atoms with Gasteiger partial charge in [0.15, 0.2) is 0 Å². The zero-order valence-corrected chi connectivity index (χ0v) is 23.7. The van der Waals surface area contributed by atoms with Gasteiger partial charge in [-0.25, -0.2) is 18.4 Å². The van der Waals surface area contributed by atoms with Crippen LogP contribution in [0, 0.1) is 0 Å². The minimum atomic E-state index is -3.66. The summed E-state index contributed by atoms with van der Waals surface area (Å²) in [4.78, 5) is 14.3. The van der Waals surface area contributed by atoms with Crippen molar-refractivity contribution in [2.24, 2.45) is 5.14 Å². The first-order valence-electron chi connectivity index (χ1n) is 13.7. The average Bonchev–Trinajstić information content (AvgIpc) is 3.26. The van der Waals surface area contributed by atoms with Crippen LogP contribution in [-0.2, 0) is 37.3 Å². The minimum Gasteiger partial charge on any atom is -0.463 e. The second-order valence-electron chi connectivity index (χ2n) is 10.7. The Morgan fingerprint density at radius 1 is 1.03 bits per heavy atom. The number of cyclic esters (lactones) is 1. The largest absolute Gasteiger partial charge is 0.463 e. The molecule has 2 aromatic rings. The molecule has 2 aliphatic rings. The van der Waals surface area contributed by atoms with E-state index >= 15 is 0 Å². The second-order valence-corrected chi connectivity index (χ2v) is 12.2. The van der Waals surface area contributed by atoms with E-state index in [1.165, 1.54) is 6.07 Å². The topological polar surface area (TPSA) is 117 Å². The van der Waals surface area contributed by atoms with Crippen molar-refractivity contribution in [1.82, 2.24) is 4.90 Å². The number of benzene rings is 2. The van der Waals surface area contributed by atoms with Gasteiger partial charge in [0, 0.05) is 39.2 Å². The van der Waals surface area contributed by atoms with E-state index in [4.69, 9.17) is 24.1 Å². The standard InChI is InChI=1S/C29H40N2O7S/c1-29(2)36-21-24-19-23(13-14-26(24)38-29)27-20-31(28(32)37-27)15-6-3-4-7-16-35-17-8-5-10-22-11-9-12-25(18-22)39(30,33)34/h9,11-14,18-19,27H,3-8,10,15-17,20-21H2,1-2H3,(H2,30,33,34). The van der Waals surface area contributed by atoms with Crippen LogP contribution in [0.3, 0.4) is 0 Å². The number of rotatable bonds is 14. The molecule has 0 bridgehead atoms. The number of aryl methyl sites for hydroxylation is 1. The number of primary sulfonamides is 1. The molecular formula is C29H40N2O7S. The summed E-state index contributed by atoms with van der Waals surface area (Å²) in [6.07, 6.45) is 6.09.